The van der Waals surface area contributed by atoms with Crippen LogP contribution in [0.5, 0.6) is 5.75 Å². The molecule has 1 rings (SSSR count). The number of benzene rings is 1. The Morgan fingerprint density at radius 1 is 1.35 bits per heavy atom. The number of aromatic carboxylic acids is 1. The molecule has 1 aromatic rings. The van der Waals surface area contributed by atoms with Gasteiger partial charge >= 0.3 is 5.97 Å². The first-order valence-corrected chi connectivity index (χ1v) is 6.89. The Labute approximate surface area is 119 Å². The molecule has 0 aliphatic rings. The molecule has 5 heteroatoms. The minimum Gasteiger partial charge on any atom is -0.492 e. The highest BCUT2D eigenvalue weighted by molar-refractivity contribution is 5.87. The molecule has 0 radical (unpaired) electrons. The molecule has 3 N–H and O–H groups in total. The number of hydrogen-bond donors (Lipinski definition) is 3. The molecule has 20 heavy (non-hydrogen) atoms. The van der Waals surface area contributed by atoms with Crippen LogP contribution in [-0.4, -0.2) is 41.5 Å². The predicted octanol–water partition coefficient (Wildman–Crippen LogP) is 1.90. The quantitative estimate of drug-likeness (QED) is 0.603. The van der Waals surface area contributed by atoms with Crippen molar-refractivity contribution in [2.75, 3.05) is 19.8 Å². The van der Waals surface area contributed by atoms with Crippen LogP contribution in [0.2, 0.25) is 0 Å². The molecule has 0 bridgehead atoms. The molecule has 112 valence electrons. The van der Waals surface area contributed by atoms with Crippen molar-refractivity contribution in [2.45, 2.75) is 32.2 Å². The molecule has 0 atom stereocenters. The van der Waals surface area contributed by atoms with Crippen molar-refractivity contribution < 1.29 is 19.7 Å². The lowest BCUT2D eigenvalue weighted by molar-refractivity contribution is 0.0696. The maximum Gasteiger partial charge on any atom is 0.335 e. The van der Waals surface area contributed by atoms with Gasteiger partial charge in [-0.25, -0.2) is 4.79 Å². The first kappa shape index (κ1) is 16.5. The van der Waals surface area contributed by atoms with Crippen LogP contribution >= 0.6 is 0 Å². The van der Waals surface area contributed by atoms with Gasteiger partial charge in [0.05, 0.1) is 12.2 Å². The summed E-state index contributed by atoms with van der Waals surface area (Å²) < 4.78 is 5.52. The molecule has 0 unspecified atom stereocenters. The van der Waals surface area contributed by atoms with Crippen LogP contribution in [0.1, 0.15) is 37.0 Å². The molecule has 0 heterocycles. The Kier molecular flexibility index (Phi) is 6.48. The van der Waals surface area contributed by atoms with Crippen molar-refractivity contribution >= 4 is 5.97 Å². The van der Waals surface area contributed by atoms with Gasteiger partial charge in [0.25, 0.3) is 0 Å². The molecule has 0 saturated heterocycles. The van der Waals surface area contributed by atoms with E-state index in [1.165, 1.54) is 12.1 Å². The Morgan fingerprint density at radius 2 is 2.05 bits per heavy atom. The molecule has 1 aromatic carbocycles. The van der Waals surface area contributed by atoms with E-state index in [1.54, 1.807) is 12.1 Å². The summed E-state index contributed by atoms with van der Waals surface area (Å²) in [5.74, 6) is -0.431. The number of carbonyl (C=O) groups is 1. The predicted molar refractivity (Wildman–Crippen MR) is 77.3 cm³/mol. The van der Waals surface area contributed by atoms with Gasteiger partial charge in [0.2, 0.25) is 0 Å². The highest BCUT2D eigenvalue weighted by atomic mass is 16.5. The number of ether oxygens (including phenoxy) is 1. The Hall–Kier alpha value is -1.59. The molecule has 0 amide bonds. The molecule has 5 nitrogen and oxygen atoms in total. The second kappa shape index (κ2) is 7.87. The lowest BCUT2D eigenvalue weighted by Crippen LogP contribution is -2.48. The molecular formula is C15H23NO4. The Balaban J connectivity index is 2.45. The van der Waals surface area contributed by atoms with Gasteiger partial charge in [-0.1, -0.05) is 19.9 Å². The number of aliphatic hydroxyl groups excluding tert-OH is 1. The van der Waals surface area contributed by atoms with Crippen LogP contribution in [0.25, 0.3) is 0 Å². The summed E-state index contributed by atoms with van der Waals surface area (Å²) >= 11 is 0. The standard InChI is InChI=1S/C15H23NO4/c1-3-15(4-2,11-17)16-8-9-20-13-7-5-6-12(10-13)14(18)19/h5-7,10,16-17H,3-4,8-9,11H2,1-2H3,(H,18,19). The third-order valence-corrected chi connectivity index (χ3v) is 3.61. The van der Waals surface area contributed by atoms with Gasteiger partial charge in [-0.2, -0.15) is 0 Å². The van der Waals surface area contributed by atoms with E-state index in [0.717, 1.165) is 12.8 Å². The normalized spacial score (nSPS) is 11.3. The van der Waals surface area contributed by atoms with Crippen LogP contribution in [0.4, 0.5) is 0 Å². The van der Waals surface area contributed by atoms with Crippen molar-refractivity contribution in [1.29, 1.82) is 0 Å². The maximum atomic E-state index is 10.8. The minimum absolute atomic E-state index is 0.0918. The maximum absolute atomic E-state index is 10.8. The number of aliphatic hydroxyl groups is 1. The van der Waals surface area contributed by atoms with E-state index in [-0.39, 0.29) is 17.7 Å². The van der Waals surface area contributed by atoms with Crippen molar-refractivity contribution in [1.82, 2.24) is 5.32 Å². The number of carboxylic acid groups (broad SMARTS) is 1. The summed E-state index contributed by atoms with van der Waals surface area (Å²) in [5, 5.41) is 21.6. The zero-order valence-electron chi connectivity index (χ0n) is 12.1. The summed E-state index contributed by atoms with van der Waals surface area (Å²) in [6.45, 7) is 5.17. The number of nitrogens with one attached hydrogen (secondary N) is 1. The van der Waals surface area contributed by atoms with E-state index in [0.29, 0.717) is 18.9 Å². The van der Waals surface area contributed by atoms with Gasteiger partial charge in [-0.15, -0.1) is 0 Å². The molecular weight excluding hydrogens is 258 g/mol. The smallest absolute Gasteiger partial charge is 0.335 e. The Bertz CT molecular complexity index is 421. The van der Waals surface area contributed by atoms with Gasteiger partial charge in [-0.05, 0) is 31.0 Å². The summed E-state index contributed by atoms with van der Waals surface area (Å²) in [6, 6.07) is 6.41. The van der Waals surface area contributed by atoms with E-state index in [9.17, 15) is 9.90 Å². The van der Waals surface area contributed by atoms with Crippen molar-refractivity contribution in [2.24, 2.45) is 0 Å². The number of rotatable bonds is 9. The Morgan fingerprint density at radius 3 is 2.60 bits per heavy atom. The molecule has 0 fully saturated rings. The van der Waals surface area contributed by atoms with Crippen molar-refractivity contribution in [3.8, 4) is 5.75 Å². The van der Waals surface area contributed by atoms with Crippen LogP contribution in [0, 0.1) is 0 Å². The average molecular weight is 281 g/mol. The number of carboxylic acids is 1. The zero-order valence-corrected chi connectivity index (χ0v) is 12.1. The SMILES string of the molecule is CCC(CC)(CO)NCCOc1cccc(C(=O)O)c1. The molecule has 0 aliphatic carbocycles. The monoisotopic (exact) mass is 281 g/mol. The third kappa shape index (κ3) is 4.51. The highest BCUT2D eigenvalue weighted by Crippen LogP contribution is 2.15. The van der Waals surface area contributed by atoms with Gasteiger partial charge in [0, 0.05) is 12.1 Å². The second-order valence-electron chi connectivity index (χ2n) is 4.75. The summed E-state index contributed by atoms with van der Waals surface area (Å²) in [6.07, 6.45) is 1.68. The van der Waals surface area contributed by atoms with Crippen LogP contribution < -0.4 is 10.1 Å². The van der Waals surface area contributed by atoms with E-state index in [4.69, 9.17) is 9.84 Å². The van der Waals surface area contributed by atoms with E-state index in [1.807, 2.05) is 13.8 Å². The second-order valence-corrected chi connectivity index (χ2v) is 4.75. The van der Waals surface area contributed by atoms with Crippen molar-refractivity contribution in [3.63, 3.8) is 0 Å². The van der Waals surface area contributed by atoms with Crippen LogP contribution in [-0.2, 0) is 0 Å². The topological polar surface area (TPSA) is 78.8 Å². The highest BCUT2D eigenvalue weighted by Gasteiger charge is 2.23. The first-order chi connectivity index (χ1) is 9.56. The van der Waals surface area contributed by atoms with Crippen molar-refractivity contribution in [3.05, 3.63) is 29.8 Å². The van der Waals surface area contributed by atoms with Gasteiger partial charge in [0.1, 0.15) is 12.4 Å². The molecule has 0 spiro atoms. The summed E-state index contributed by atoms with van der Waals surface area (Å²) in [7, 11) is 0. The fourth-order valence-electron chi connectivity index (χ4n) is 1.98. The zero-order chi connectivity index (χ0) is 15.0. The summed E-state index contributed by atoms with van der Waals surface area (Å²) in [5.41, 5.74) is -0.0472. The van der Waals surface area contributed by atoms with Gasteiger partial charge < -0.3 is 20.3 Å². The van der Waals surface area contributed by atoms with E-state index >= 15 is 0 Å². The van der Waals surface area contributed by atoms with E-state index < -0.39 is 5.97 Å². The largest absolute Gasteiger partial charge is 0.492 e. The molecule has 0 aromatic heterocycles. The molecule has 0 aliphatic heterocycles. The number of hydrogen-bond acceptors (Lipinski definition) is 4. The van der Waals surface area contributed by atoms with E-state index in [2.05, 4.69) is 5.32 Å². The summed E-state index contributed by atoms with van der Waals surface area (Å²) in [4.78, 5) is 10.8. The van der Waals surface area contributed by atoms with Crippen LogP contribution in [0.15, 0.2) is 24.3 Å². The average Bonchev–Trinajstić information content (AvgIpc) is 2.48. The third-order valence-electron chi connectivity index (χ3n) is 3.61. The fraction of sp³-hybridized carbons (Fsp3) is 0.533. The lowest BCUT2D eigenvalue weighted by atomic mass is 9.94. The first-order valence-electron chi connectivity index (χ1n) is 6.89. The van der Waals surface area contributed by atoms with Crippen LogP contribution in [0.3, 0.4) is 0 Å². The fourth-order valence-corrected chi connectivity index (χ4v) is 1.98. The van der Waals surface area contributed by atoms with Gasteiger partial charge in [0.15, 0.2) is 0 Å². The molecule has 0 saturated carbocycles. The van der Waals surface area contributed by atoms with Gasteiger partial charge in [-0.3, -0.25) is 0 Å². The lowest BCUT2D eigenvalue weighted by Gasteiger charge is -2.30. The minimum atomic E-state index is -0.968.